The van der Waals surface area contributed by atoms with Crippen molar-refractivity contribution in [2.45, 2.75) is 12.8 Å². The van der Waals surface area contributed by atoms with Crippen LogP contribution in [0.3, 0.4) is 0 Å². The van der Waals surface area contributed by atoms with Gasteiger partial charge in [0.05, 0.1) is 23.0 Å². The van der Waals surface area contributed by atoms with E-state index in [1.54, 1.807) is 35.6 Å². The Morgan fingerprint density at radius 1 is 1.00 bits per heavy atom. The first-order valence-electron chi connectivity index (χ1n) is 10.4. The zero-order valence-corrected chi connectivity index (χ0v) is 19.5. The Hall–Kier alpha value is -3.49. The number of sulfonamides is 1. The van der Waals surface area contributed by atoms with Gasteiger partial charge in [0.2, 0.25) is 10.0 Å². The first kappa shape index (κ1) is 21.4. The summed E-state index contributed by atoms with van der Waals surface area (Å²) in [5.41, 5.74) is 5.44. The Bertz CT molecular complexity index is 1490. The average Bonchev–Trinajstić information content (AvgIpc) is 3.43. The van der Waals surface area contributed by atoms with Crippen LogP contribution in [0.2, 0.25) is 0 Å². The smallest absolute Gasteiger partial charge is 0.256 e. The largest absolute Gasteiger partial charge is 0.322 e. The number of para-hydroxylation sites is 1. The molecule has 0 aliphatic heterocycles. The van der Waals surface area contributed by atoms with E-state index in [0.717, 1.165) is 46.8 Å². The molecule has 0 spiro atoms. The Balaban J connectivity index is 1.52. The number of allylic oxidation sites excluding steroid dienone is 1. The molecule has 6 nitrogen and oxygen atoms in total. The number of thiophene rings is 1. The number of carbonyl (C=O) groups is 1. The quantitative estimate of drug-likeness (QED) is 0.404. The van der Waals surface area contributed by atoms with Crippen molar-refractivity contribution in [2.75, 3.05) is 16.3 Å². The minimum absolute atomic E-state index is 0.203. The van der Waals surface area contributed by atoms with Crippen molar-refractivity contribution in [3.8, 4) is 0 Å². The van der Waals surface area contributed by atoms with Crippen molar-refractivity contribution in [1.82, 2.24) is 4.98 Å². The SMILES string of the molecule is CS(=O)(=O)Nc1ccc(NC(=O)c2c3c(nc4ccccc24)/C(=C/c2cccs2)CC3)cc1. The summed E-state index contributed by atoms with van der Waals surface area (Å²) in [5, 5.41) is 5.84. The maximum absolute atomic E-state index is 13.5. The Morgan fingerprint density at radius 3 is 2.48 bits per heavy atom. The molecule has 1 aliphatic rings. The molecule has 2 aromatic carbocycles. The summed E-state index contributed by atoms with van der Waals surface area (Å²) in [6.07, 6.45) is 4.85. The fourth-order valence-electron chi connectivity index (χ4n) is 4.11. The van der Waals surface area contributed by atoms with Gasteiger partial charge < -0.3 is 5.32 Å². The zero-order chi connectivity index (χ0) is 23.0. The molecule has 0 fully saturated rings. The van der Waals surface area contributed by atoms with Gasteiger partial charge in [-0.25, -0.2) is 13.4 Å². The molecule has 5 rings (SSSR count). The molecule has 33 heavy (non-hydrogen) atoms. The van der Waals surface area contributed by atoms with Gasteiger partial charge in [0.1, 0.15) is 0 Å². The van der Waals surface area contributed by atoms with Crippen molar-refractivity contribution in [2.24, 2.45) is 0 Å². The van der Waals surface area contributed by atoms with Crippen LogP contribution < -0.4 is 10.0 Å². The van der Waals surface area contributed by atoms with E-state index in [9.17, 15) is 13.2 Å². The van der Waals surface area contributed by atoms with Crippen LogP contribution in [0.5, 0.6) is 0 Å². The molecule has 0 bridgehead atoms. The highest BCUT2D eigenvalue weighted by Crippen LogP contribution is 2.38. The van der Waals surface area contributed by atoms with Gasteiger partial charge in [0.15, 0.2) is 0 Å². The van der Waals surface area contributed by atoms with Crippen LogP contribution in [0.1, 0.15) is 32.9 Å². The molecule has 0 unspecified atom stereocenters. The number of nitrogens with one attached hydrogen (secondary N) is 2. The van der Waals surface area contributed by atoms with E-state index >= 15 is 0 Å². The molecule has 166 valence electrons. The number of pyridine rings is 1. The number of carbonyl (C=O) groups excluding carboxylic acids is 1. The fourth-order valence-corrected chi connectivity index (χ4v) is 5.36. The number of aromatic nitrogens is 1. The maximum Gasteiger partial charge on any atom is 0.256 e. The van der Waals surface area contributed by atoms with E-state index in [4.69, 9.17) is 4.98 Å². The zero-order valence-electron chi connectivity index (χ0n) is 17.8. The monoisotopic (exact) mass is 475 g/mol. The molecule has 1 aliphatic carbocycles. The normalized spacial score (nSPS) is 14.4. The van der Waals surface area contributed by atoms with Crippen LogP contribution >= 0.6 is 11.3 Å². The van der Waals surface area contributed by atoms with Crippen molar-refractivity contribution in [3.63, 3.8) is 0 Å². The number of benzene rings is 2. The molecule has 0 saturated carbocycles. The van der Waals surface area contributed by atoms with Crippen LogP contribution in [0.4, 0.5) is 11.4 Å². The summed E-state index contributed by atoms with van der Waals surface area (Å²) in [7, 11) is -3.36. The number of hydrogen-bond donors (Lipinski definition) is 2. The van der Waals surface area contributed by atoms with E-state index in [0.29, 0.717) is 16.9 Å². The van der Waals surface area contributed by atoms with Gasteiger partial charge in [0, 0.05) is 21.6 Å². The molecular formula is C25H21N3O3S2. The lowest BCUT2D eigenvalue weighted by Gasteiger charge is -2.13. The number of amides is 1. The molecule has 1 amide bonds. The Kier molecular flexibility index (Phi) is 5.47. The number of rotatable bonds is 5. The Morgan fingerprint density at radius 2 is 1.76 bits per heavy atom. The lowest BCUT2D eigenvalue weighted by Crippen LogP contribution is -2.16. The number of nitrogens with zero attached hydrogens (tertiary/aromatic N) is 1. The van der Waals surface area contributed by atoms with E-state index in [-0.39, 0.29) is 5.91 Å². The van der Waals surface area contributed by atoms with Gasteiger partial charge in [-0.1, -0.05) is 24.3 Å². The number of hydrogen-bond acceptors (Lipinski definition) is 5. The average molecular weight is 476 g/mol. The van der Waals surface area contributed by atoms with E-state index in [2.05, 4.69) is 22.2 Å². The highest BCUT2D eigenvalue weighted by Gasteiger charge is 2.27. The molecule has 0 radical (unpaired) electrons. The van der Waals surface area contributed by atoms with Crippen molar-refractivity contribution < 1.29 is 13.2 Å². The first-order chi connectivity index (χ1) is 15.9. The van der Waals surface area contributed by atoms with E-state index in [1.807, 2.05) is 35.7 Å². The van der Waals surface area contributed by atoms with Crippen molar-refractivity contribution in [1.29, 1.82) is 0 Å². The van der Waals surface area contributed by atoms with Crippen LogP contribution in [-0.4, -0.2) is 25.6 Å². The molecule has 2 N–H and O–H groups in total. The third-order valence-corrected chi connectivity index (χ3v) is 6.90. The molecule has 2 heterocycles. The molecule has 0 atom stereocenters. The third kappa shape index (κ3) is 4.53. The summed E-state index contributed by atoms with van der Waals surface area (Å²) in [5.74, 6) is -0.203. The van der Waals surface area contributed by atoms with Crippen LogP contribution in [0.15, 0.2) is 66.0 Å². The maximum atomic E-state index is 13.5. The molecular weight excluding hydrogens is 454 g/mol. The third-order valence-electron chi connectivity index (χ3n) is 5.47. The lowest BCUT2D eigenvalue weighted by molar-refractivity contribution is 0.102. The summed E-state index contributed by atoms with van der Waals surface area (Å²) in [6, 6.07) is 18.4. The summed E-state index contributed by atoms with van der Waals surface area (Å²) in [6.45, 7) is 0. The van der Waals surface area contributed by atoms with Gasteiger partial charge in [-0.15, -0.1) is 11.3 Å². The van der Waals surface area contributed by atoms with Crippen LogP contribution in [0.25, 0.3) is 22.6 Å². The minimum atomic E-state index is -3.36. The van der Waals surface area contributed by atoms with Gasteiger partial charge >= 0.3 is 0 Å². The molecule has 2 aromatic heterocycles. The first-order valence-corrected chi connectivity index (χ1v) is 13.2. The van der Waals surface area contributed by atoms with Crippen LogP contribution in [-0.2, 0) is 16.4 Å². The highest BCUT2D eigenvalue weighted by atomic mass is 32.2. The minimum Gasteiger partial charge on any atom is -0.322 e. The number of anilines is 2. The van der Waals surface area contributed by atoms with Gasteiger partial charge in [-0.3, -0.25) is 9.52 Å². The number of fused-ring (bicyclic) bond motifs is 2. The summed E-state index contributed by atoms with van der Waals surface area (Å²) in [4.78, 5) is 19.5. The molecule has 8 heteroatoms. The van der Waals surface area contributed by atoms with Gasteiger partial charge in [0.25, 0.3) is 5.91 Å². The second-order valence-corrected chi connectivity index (χ2v) is 10.6. The lowest BCUT2D eigenvalue weighted by atomic mass is 10.00. The van der Waals surface area contributed by atoms with Crippen molar-refractivity contribution >= 4 is 61.2 Å². The molecule has 4 aromatic rings. The summed E-state index contributed by atoms with van der Waals surface area (Å²) >= 11 is 1.68. The topological polar surface area (TPSA) is 88.2 Å². The second kappa shape index (κ2) is 8.46. The predicted molar refractivity (Wildman–Crippen MR) is 135 cm³/mol. The van der Waals surface area contributed by atoms with E-state index in [1.165, 1.54) is 4.88 Å². The second-order valence-electron chi connectivity index (χ2n) is 7.92. The fraction of sp³-hybridized carbons (Fsp3) is 0.120. The highest BCUT2D eigenvalue weighted by molar-refractivity contribution is 7.92. The summed E-state index contributed by atoms with van der Waals surface area (Å²) < 4.78 is 25.3. The predicted octanol–water partition coefficient (Wildman–Crippen LogP) is 5.41. The van der Waals surface area contributed by atoms with E-state index < -0.39 is 10.0 Å². The van der Waals surface area contributed by atoms with Gasteiger partial charge in [-0.05, 0) is 71.8 Å². The van der Waals surface area contributed by atoms with Crippen molar-refractivity contribution in [3.05, 3.63) is 87.7 Å². The van der Waals surface area contributed by atoms with Crippen LogP contribution in [0, 0.1) is 0 Å². The van der Waals surface area contributed by atoms with Gasteiger partial charge in [-0.2, -0.15) is 0 Å². The molecule has 0 saturated heterocycles. The standard InChI is InChI=1S/C25H21N3O3S2/c1-33(30,31)28-18-11-9-17(10-12-18)26-25(29)23-20-6-2-3-7-22(20)27-24-16(8-13-21(23)24)15-19-5-4-14-32-19/h2-7,9-12,14-15,28H,8,13H2,1H3,(H,26,29)/b16-15+. The Labute approximate surface area is 196 Å².